The normalized spacial score (nSPS) is 15.8. The maximum atomic E-state index is 4.10. The van der Waals surface area contributed by atoms with E-state index in [0.29, 0.717) is 6.04 Å². The van der Waals surface area contributed by atoms with Crippen LogP contribution in [0.5, 0.6) is 0 Å². The number of nitrogens with one attached hydrogen (secondary N) is 1. The van der Waals surface area contributed by atoms with Crippen LogP contribution < -0.4 is 5.53 Å². The van der Waals surface area contributed by atoms with Crippen molar-refractivity contribution >= 4 is 6.21 Å². The van der Waals surface area contributed by atoms with Crippen molar-refractivity contribution in [1.82, 2.24) is 10.5 Å². The Balaban J connectivity index is 1.77. The fourth-order valence-electron chi connectivity index (χ4n) is 3.67. The molecule has 0 spiro atoms. The average molecular weight is 338 g/mol. The lowest BCUT2D eigenvalue weighted by Crippen LogP contribution is -2.39. The fourth-order valence-corrected chi connectivity index (χ4v) is 3.67. The van der Waals surface area contributed by atoms with Crippen molar-refractivity contribution in [3.8, 4) is 0 Å². The van der Waals surface area contributed by atoms with Crippen LogP contribution in [0.15, 0.2) is 5.10 Å². The molecular weight excluding hydrogens is 294 g/mol. The Hall–Kier alpha value is -0.570. The van der Waals surface area contributed by atoms with E-state index >= 15 is 0 Å². The molecule has 0 aromatic rings. The van der Waals surface area contributed by atoms with Gasteiger partial charge in [0.15, 0.2) is 0 Å². The van der Waals surface area contributed by atoms with E-state index in [4.69, 9.17) is 0 Å². The first-order chi connectivity index (χ1) is 11.9. The predicted molar refractivity (Wildman–Crippen MR) is 107 cm³/mol. The quantitative estimate of drug-likeness (QED) is 0.309. The van der Waals surface area contributed by atoms with Crippen molar-refractivity contribution in [2.75, 3.05) is 6.54 Å². The first-order valence-corrected chi connectivity index (χ1v) is 10.9. The molecule has 1 heterocycles. The molecule has 3 heteroatoms. The van der Waals surface area contributed by atoms with Crippen molar-refractivity contribution < 1.29 is 0 Å². The summed E-state index contributed by atoms with van der Waals surface area (Å²) in [6.07, 6.45) is 24.6. The number of hydrogen-bond donors (Lipinski definition) is 1. The Labute approximate surface area is 151 Å². The summed E-state index contributed by atoms with van der Waals surface area (Å²) < 4.78 is 0. The molecular formula is C21H43N3. The first kappa shape index (κ1) is 21.5. The number of hydrogen-bond acceptors (Lipinski definition) is 3. The van der Waals surface area contributed by atoms with Gasteiger partial charge in [-0.3, -0.25) is 0 Å². The van der Waals surface area contributed by atoms with Crippen molar-refractivity contribution in [3.63, 3.8) is 0 Å². The van der Waals surface area contributed by atoms with Crippen molar-refractivity contribution in [2.24, 2.45) is 5.10 Å². The zero-order valence-corrected chi connectivity index (χ0v) is 16.6. The minimum atomic E-state index is 0.657. The van der Waals surface area contributed by atoms with Gasteiger partial charge < -0.3 is 0 Å². The SMILES string of the molecule is CCCCCCCCCCCCCCCCC(CC)N1CC=NN1. The average Bonchev–Trinajstić information content (AvgIpc) is 3.13. The molecule has 0 radical (unpaired) electrons. The lowest BCUT2D eigenvalue weighted by atomic mass is 10.0. The monoisotopic (exact) mass is 337 g/mol. The molecule has 3 nitrogen and oxygen atoms in total. The highest BCUT2D eigenvalue weighted by Gasteiger charge is 2.17. The van der Waals surface area contributed by atoms with Gasteiger partial charge in [0.05, 0.1) is 6.54 Å². The molecule has 1 unspecified atom stereocenters. The summed E-state index contributed by atoms with van der Waals surface area (Å²) in [5, 5.41) is 6.38. The molecule has 0 aromatic heterocycles. The Morgan fingerprint density at radius 2 is 1.29 bits per heavy atom. The third-order valence-electron chi connectivity index (χ3n) is 5.36. The van der Waals surface area contributed by atoms with Crippen molar-refractivity contribution in [1.29, 1.82) is 0 Å². The number of hydrazine groups is 1. The largest absolute Gasteiger partial charge is 0.240 e. The maximum absolute atomic E-state index is 4.10. The summed E-state index contributed by atoms with van der Waals surface area (Å²) in [5.74, 6) is 0. The van der Waals surface area contributed by atoms with Gasteiger partial charge in [-0.1, -0.05) is 104 Å². The Kier molecular flexibility index (Phi) is 14.3. The molecule has 0 fully saturated rings. The molecule has 0 aromatic carbocycles. The molecule has 0 aliphatic carbocycles. The summed E-state index contributed by atoms with van der Waals surface area (Å²) in [5.41, 5.74) is 3.11. The number of unbranched alkanes of at least 4 members (excludes halogenated alkanes) is 13. The van der Waals surface area contributed by atoms with Gasteiger partial charge in [-0.15, -0.1) is 0 Å². The summed E-state index contributed by atoms with van der Waals surface area (Å²) >= 11 is 0. The first-order valence-electron chi connectivity index (χ1n) is 10.9. The van der Waals surface area contributed by atoms with Gasteiger partial charge in [-0.05, 0) is 12.8 Å². The second kappa shape index (κ2) is 15.9. The third-order valence-corrected chi connectivity index (χ3v) is 5.36. The van der Waals surface area contributed by atoms with E-state index in [0.717, 1.165) is 6.54 Å². The second-order valence-corrected chi connectivity index (χ2v) is 7.51. The van der Waals surface area contributed by atoms with Gasteiger partial charge in [0, 0.05) is 12.3 Å². The summed E-state index contributed by atoms with van der Waals surface area (Å²) in [4.78, 5) is 0. The fraction of sp³-hybridized carbons (Fsp3) is 0.952. The van der Waals surface area contributed by atoms with Gasteiger partial charge in [0.2, 0.25) is 0 Å². The minimum Gasteiger partial charge on any atom is -0.240 e. The standard InChI is InChI=1S/C21H43N3/c1-3-5-6-7-8-9-10-11-12-13-14-15-16-17-18-21(4-2)24-20-19-22-23-24/h19,21,23H,3-18,20H2,1-2H3. The summed E-state index contributed by atoms with van der Waals surface area (Å²) in [6, 6.07) is 0.657. The number of nitrogens with zero attached hydrogens (tertiary/aromatic N) is 2. The molecule has 24 heavy (non-hydrogen) atoms. The van der Waals surface area contributed by atoms with Crippen LogP contribution in [0.1, 0.15) is 117 Å². The molecule has 1 N–H and O–H groups in total. The van der Waals surface area contributed by atoms with E-state index in [1.807, 2.05) is 6.21 Å². The zero-order chi connectivity index (χ0) is 17.3. The van der Waals surface area contributed by atoms with Crippen molar-refractivity contribution in [2.45, 2.75) is 123 Å². The number of rotatable bonds is 17. The molecule has 1 aliphatic rings. The minimum absolute atomic E-state index is 0.657. The van der Waals surface area contributed by atoms with E-state index in [1.165, 1.54) is 103 Å². The molecule has 0 amide bonds. The van der Waals surface area contributed by atoms with E-state index in [-0.39, 0.29) is 0 Å². The lowest BCUT2D eigenvalue weighted by Gasteiger charge is -2.25. The molecule has 142 valence electrons. The highest BCUT2D eigenvalue weighted by Crippen LogP contribution is 2.16. The molecule has 0 saturated heterocycles. The van der Waals surface area contributed by atoms with E-state index < -0.39 is 0 Å². The molecule has 0 bridgehead atoms. The van der Waals surface area contributed by atoms with Crippen LogP contribution >= 0.6 is 0 Å². The highest BCUT2D eigenvalue weighted by atomic mass is 15.7. The van der Waals surface area contributed by atoms with E-state index in [9.17, 15) is 0 Å². The van der Waals surface area contributed by atoms with Gasteiger partial charge in [-0.2, -0.15) is 10.1 Å². The number of hydrazone groups is 1. The Morgan fingerprint density at radius 3 is 1.71 bits per heavy atom. The Morgan fingerprint density at radius 1 is 0.792 bits per heavy atom. The van der Waals surface area contributed by atoms with E-state index in [1.54, 1.807) is 0 Å². The van der Waals surface area contributed by atoms with Gasteiger partial charge in [-0.25, -0.2) is 5.53 Å². The Bertz CT molecular complexity index is 283. The second-order valence-electron chi connectivity index (χ2n) is 7.51. The molecule has 1 rings (SSSR count). The topological polar surface area (TPSA) is 27.6 Å². The van der Waals surface area contributed by atoms with Crippen LogP contribution in [0, 0.1) is 0 Å². The van der Waals surface area contributed by atoms with Crippen LogP contribution in [-0.2, 0) is 0 Å². The van der Waals surface area contributed by atoms with Crippen LogP contribution in [0.25, 0.3) is 0 Å². The van der Waals surface area contributed by atoms with Crippen LogP contribution in [0.2, 0.25) is 0 Å². The maximum Gasteiger partial charge on any atom is 0.0569 e. The van der Waals surface area contributed by atoms with Gasteiger partial charge in [0.25, 0.3) is 0 Å². The predicted octanol–water partition coefficient (Wildman–Crippen LogP) is 6.44. The summed E-state index contributed by atoms with van der Waals surface area (Å²) in [7, 11) is 0. The summed E-state index contributed by atoms with van der Waals surface area (Å²) in [6.45, 7) is 5.55. The third kappa shape index (κ3) is 11.1. The molecule has 1 aliphatic heterocycles. The van der Waals surface area contributed by atoms with Crippen molar-refractivity contribution in [3.05, 3.63) is 0 Å². The van der Waals surface area contributed by atoms with Crippen LogP contribution in [0.3, 0.4) is 0 Å². The highest BCUT2D eigenvalue weighted by molar-refractivity contribution is 5.60. The van der Waals surface area contributed by atoms with Gasteiger partial charge >= 0.3 is 0 Å². The molecule has 0 saturated carbocycles. The molecule has 1 atom stereocenters. The van der Waals surface area contributed by atoms with Crippen LogP contribution in [0.4, 0.5) is 0 Å². The van der Waals surface area contributed by atoms with Crippen LogP contribution in [-0.4, -0.2) is 23.8 Å². The van der Waals surface area contributed by atoms with E-state index in [2.05, 4.69) is 29.5 Å². The zero-order valence-electron chi connectivity index (χ0n) is 16.6. The van der Waals surface area contributed by atoms with Gasteiger partial charge in [0.1, 0.15) is 0 Å². The lowest BCUT2D eigenvalue weighted by molar-refractivity contribution is 0.151. The smallest absolute Gasteiger partial charge is 0.0569 e.